The number of benzene rings is 1. The average molecular weight is 335 g/mol. The summed E-state index contributed by atoms with van der Waals surface area (Å²) in [6.45, 7) is 5.25. The van der Waals surface area contributed by atoms with Crippen molar-refractivity contribution >= 4 is 45.6 Å². The first-order chi connectivity index (χ1) is 8.18. The maximum absolute atomic E-state index is 11.4. The van der Waals surface area contributed by atoms with Crippen molar-refractivity contribution in [2.75, 3.05) is 4.90 Å². The Hall–Kier alpha value is -1.07. The van der Waals surface area contributed by atoms with Crippen LogP contribution < -0.4 is 4.90 Å². The second-order valence-electron chi connectivity index (χ2n) is 4.74. The number of hydrogen-bond acceptors (Lipinski definition) is 2. The zero-order valence-corrected chi connectivity index (χ0v) is 12.5. The van der Waals surface area contributed by atoms with Crippen LogP contribution in [-0.4, -0.2) is 23.0 Å². The summed E-state index contributed by atoms with van der Waals surface area (Å²) in [6, 6.07) is 3.00. The Bertz CT molecular complexity index is 497. The zero-order chi connectivity index (χ0) is 14.1. The van der Waals surface area contributed by atoms with Gasteiger partial charge >= 0.3 is 6.09 Å². The molecular formula is C12H13BrClNO3. The molecule has 0 aliphatic carbocycles. The molecule has 1 N–H and O–H groups in total. The van der Waals surface area contributed by atoms with E-state index in [1.807, 2.05) is 0 Å². The van der Waals surface area contributed by atoms with Gasteiger partial charge in [-0.05, 0) is 48.8 Å². The summed E-state index contributed by atoms with van der Waals surface area (Å²) < 4.78 is 0.485. The maximum atomic E-state index is 11.4. The van der Waals surface area contributed by atoms with Crippen LogP contribution in [-0.2, 0) is 0 Å². The molecule has 0 radical (unpaired) electrons. The monoisotopic (exact) mass is 333 g/mol. The van der Waals surface area contributed by atoms with Crippen LogP contribution in [0.15, 0.2) is 16.6 Å². The number of amides is 1. The molecule has 6 heteroatoms. The maximum Gasteiger partial charge on any atom is 0.412 e. The lowest BCUT2D eigenvalue weighted by molar-refractivity contribution is 0.112. The van der Waals surface area contributed by atoms with Crippen LogP contribution in [0.1, 0.15) is 31.1 Å². The highest BCUT2D eigenvalue weighted by atomic mass is 79.9. The van der Waals surface area contributed by atoms with E-state index in [1.165, 1.54) is 6.07 Å². The minimum atomic E-state index is -1.13. The van der Waals surface area contributed by atoms with E-state index in [-0.39, 0.29) is 10.7 Å². The Morgan fingerprint density at radius 2 is 2.00 bits per heavy atom. The van der Waals surface area contributed by atoms with Crippen LogP contribution >= 0.6 is 27.5 Å². The fourth-order valence-corrected chi connectivity index (χ4v) is 2.24. The molecule has 0 aliphatic rings. The van der Waals surface area contributed by atoms with E-state index in [2.05, 4.69) is 15.9 Å². The smallest absolute Gasteiger partial charge is 0.412 e. The number of carbonyl (C=O) groups is 2. The molecule has 0 unspecified atom stereocenters. The van der Waals surface area contributed by atoms with E-state index in [9.17, 15) is 14.7 Å². The minimum Gasteiger partial charge on any atom is -0.465 e. The number of nitrogens with zero attached hydrogens (tertiary/aromatic N) is 1. The van der Waals surface area contributed by atoms with Gasteiger partial charge in [0, 0.05) is 15.6 Å². The highest BCUT2D eigenvalue weighted by molar-refractivity contribution is 9.10. The van der Waals surface area contributed by atoms with Gasteiger partial charge in [0.05, 0.1) is 10.7 Å². The van der Waals surface area contributed by atoms with Crippen LogP contribution in [0.4, 0.5) is 10.5 Å². The van der Waals surface area contributed by atoms with Crippen molar-refractivity contribution in [1.82, 2.24) is 0 Å². The molecule has 0 spiro atoms. The summed E-state index contributed by atoms with van der Waals surface area (Å²) in [5.41, 5.74) is -0.0268. The average Bonchev–Trinajstić information content (AvgIpc) is 2.21. The van der Waals surface area contributed by atoms with Crippen molar-refractivity contribution < 1.29 is 14.7 Å². The number of rotatable bonds is 2. The van der Waals surface area contributed by atoms with Crippen LogP contribution in [0.25, 0.3) is 0 Å². The third-order valence-electron chi connectivity index (χ3n) is 2.27. The van der Waals surface area contributed by atoms with Crippen LogP contribution in [0.5, 0.6) is 0 Å². The van der Waals surface area contributed by atoms with Crippen LogP contribution in [0.3, 0.4) is 0 Å². The topological polar surface area (TPSA) is 57.6 Å². The first-order valence-electron chi connectivity index (χ1n) is 5.16. The number of anilines is 1. The van der Waals surface area contributed by atoms with E-state index < -0.39 is 11.6 Å². The number of halogens is 2. The lowest BCUT2D eigenvalue weighted by Gasteiger charge is -2.34. The first kappa shape index (κ1) is 15.0. The van der Waals surface area contributed by atoms with Crippen molar-refractivity contribution in [2.24, 2.45) is 0 Å². The molecule has 0 aliphatic heterocycles. The van der Waals surface area contributed by atoms with Crippen molar-refractivity contribution in [2.45, 2.75) is 26.3 Å². The SMILES string of the molecule is CC(C)(C)N(C(=O)O)c1cc(C=O)cc(Br)c1Cl. The predicted octanol–water partition coefficient (Wildman–Crippen LogP) is 4.20. The van der Waals surface area contributed by atoms with Gasteiger partial charge in [-0.15, -0.1) is 0 Å². The van der Waals surface area contributed by atoms with Crippen LogP contribution in [0, 0.1) is 0 Å². The van der Waals surface area contributed by atoms with E-state index in [4.69, 9.17) is 11.6 Å². The molecule has 1 aromatic rings. The summed E-state index contributed by atoms with van der Waals surface area (Å²) in [5, 5.41) is 9.57. The number of carboxylic acid groups (broad SMARTS) is 1. The predicted molar refractivity (Wildman–Crippen MR) is 74.8 cm³/mol. The Morgan fingerprint density at radius 3 is 2.39 bits per heavy atom. The second-order valence-corrected chi connectivity index (χ2v) is 5.97. The van der Waals surface area contributed by atoms with Crippen molar-refractivity contribution in [3.8, 4) is 0 Å². The molecule has 0 aromatic heterocycles. The van der Waals surface area contributed by atoms with Gasteiger partial charge < -0.3 is 5.11 Å². The molecule has 1 amide bonds. The fourth-order valence-electron chi connectivity index (χ4n) is 1.58. The van der Waals surface area contributed by atoms with Crippen LogP contribution in [0.2, 0.25) is 5.02 Å². The van der Waals surface area contributed by atoms with E-state index in [1.54, 1.807) is 26.8 Å². The molecule has 0 heterocycles. The number of aldehydes is 1. The molecule has 0 atom stereocenters. The Morgan fingerprint density at radius 1 is 1.44 bits per heavy atom. The summed E-state index contributed by atoms with van der Waals surface area (Å²) in [6.07, 6.45) is -0.479. The summed E-state index contributed by atoms with van der Waals surface area (Å²) in [5.74, 6) is 0. The summed E-state index contributed by atoms with van der Waals surface area (Å²) in [4.78, 5) is 23.3. The third-order valence-corrected chi connectivity index (χ3v) is 3.52. The second kappa shape index (κ2) is 5.28. The van der Waals surface area contributed by atoms with Crippen molar-refractivity contribution in [1.29, 1.82) is 0 Å². The largest absolute Gasteiger partial charge is 0.465 e. The molecule has 0 bridgehead atoms. The number of hydrogen-bond donors (Lipinski definition) is 1. The van der Waals surface area contributed by atoms with E-state index in [0.717, 1.165) is 4.90 Å². The molecule has 98 valence electrons. The molecule has 0 saturated heterocycles. The molecule has 0 fully saturated rings. The normalized spacial score (nSPS) is 11.2. The molecule has 0 saturated carbocycles. The minimum absolute atomic E-state index is 0.262. The third kappa shape index (κ3) is 3.03. The zero-order valence-electron chi connectivity index (χ0n) is 10.2. The van der Waals surface area contributed by atoms with Gasteiger partial charge in [0.25, 0.3) is 0 Å². The van der Waals surface area contributed by atoms with Gasteiger partial charge in [-0.2, -0.15) is 0 Å². The molecule has 4 nitrogen and oxygen atoms in total. The summed E-state index contributed by atoms with van der Waals surface area (Å²) in [7, 11) is 0. The highest BCUT2D eigenvalue weighted by Crippen LogP contribution is 2.37. The Balaban J connectivity index is 3.50. The number of carbonyl (C=O) groups excluding carboxylic acids is 1. The molecule has 18 heavy (non-hydrogen) atoms. The summed E-state index contributed by atoms with van der Waals surface area (Å²) >= 11 is 9.31. The first-order valence-corrected chi connectivity index (χ1v) is 6.33. The molecular weight excluding hydrogens is 321 g/mol. The van der Waals surface area contributed by atoms with E-state index in [0.29, 0.717) is 16.3 Å². The standard InChI is InChI=1S/C12H13BrClNO3/c1-12(2,3)15(11(17)18)9-5-7(6-16)4-8(13)10(9)14/h4-6H,1-3H3,(H,17,18). The van der Waals surface area contributed by atoms with Gasteiger partial charge in [-0.25, -0.2) is 4.79 Å². The van der Waals surface area contributed by atoms with Gasteiger partial charge in [-0.1, -0.05) is 11.6 Å². The van der Waals surface area contributed by atoms with Gasteiger partial charge in [-0.3, -0.25) is 9.69 Å². The van der Waals surface area contributed by atoms with Gasteiger partial charge in [0.1, 0.15) is 6.29 Å². The van der Waals surface area contributed by atoms with E-state index >= 15 is 0 Å². The highest BCUT2D eigenvalue weighted by Gasteiger charge is 2.30. The molecule has 1 aromatic carbocycles. The Kier molecular flexibility index (Phi) is 4.40. The van der Waals surface area contributed by atoms with Gasteiger partial charge in [0.15, 0.2) is 0 Å². The van der Waals surface area contributed by atoms with Crippen molar-refractivity contribution in [3.05, 3.63) is 27.2 Å². The fraction of sp³-hybridized carbons (Fsp3) is 0.333. The quantitative estimate of drug-likeness (QED) is 0.825. The lowest BCUT2D eigenvalue weighted by Crippen LogP contribution is -2.45. The lowest BCUT2D eigenvalue weighted by atomic mass is 10.0. The molecule has 1 rings (SSSR count). The Labute approximate surface area is 119 Å². The van der Waals surface area contributed by atoms with Gasteiger partial charge in [0.2, 0.25) is 0 Å². The van der Waals surface area contributed by atoms with Crippen molar-refractivity contribution in [3.63, 3.8) is 0 Å².